The smallest absolute Gasteiger partial charge is 0.213 e. The summed E-state index contributed by atoms with van der Waals surface area (Å²) in [4.78, 5) is 14.6. The summed E-state index contributed by atoms with van der Waals surface area (Å²) in [6.07, 6.45) is 2.18. The number of hydrogen-bond acceptors (Lipinski definition) is 4. The molecule has 0 aliphatic carbocycles. The van der Waals surface area contributed by atoms with Gasteiger partial charge in [-0.2, -0.15) is 0 Å². The van der Waals surface area contributed by atoms with E-state index < -0.39 is 0 Å². The average Bonchev–Trinajstić information content (AvgIpc) is 3.41. The summed E-state index contributed by atoms with van der Waals surface area (Å²) in [5, 5.41) is 4.59. The first-order valence-corrected chi connectivity index (χ1v) is 14.3. The summed E-state index contributed by atoms with van der Waals surface area (Å²) in [5.41, 5.74) is 7.91. The second kappa shape index (κ2) is 10.00. The van der Waals surface area contributed by atoms with Crippen molar-refractivity contribution in [2.75, 3.05) is 0 Å². The molecule has 5 aromatic carbocycles. The minimum atomic E-state index is 0.607. The van der Waals surface area contributed by atoms with E-state index in [1.54, 1.807) is 0 Å². The number of furan rings is 1. The lowest BCUT2D eigenvalue weighted by molar-refractivity contribution is -0.659. The molecule has 0 radical (unpaired) electrons. The first-order valence-electron chi connectivity index (χ1n) is 14.3. The van der Waals surface area contributed by atoms with E-state index in [0.717, 1.165) is 49.9 Å². The van der Waals surface area contributed by atoms with E-state index in [1.807, 2.05) is 66.7 Å². The van der Waals surface area contributed by atoms with Gasteiger partial charge in [-0.3, -0.25) is 0 Å². The predicted molar refractivity (Wildman–Crippen MR) is 172 cm³/mol. The first-order chi connectivity index (χ1) is 21.1. The number of hydrogen-bond donors (Lipinski definition) is 0. The zero-order valence-electron chi connectivity index (χ0n) is 23.8. The fraction of sp³-hybridized carbons (Fsp3) is 0.0526. The SMILES string of the molecule is Cc1cc2c(cc1-c1cc3ccccc3c[n+]1C)oc1cc(-c3nc(-c4ccccc4)nc(-c4ccccc4)n3)ccc12. The van der Waals surface area contributed by atoms with Crippen LogP contribution >= 0.6 is 0 Å². The highest BCUT2D eigenvalue weighted by atomic mass is 16.3. The summed E-state index contributed by atoms with van der Waals surface area (Å²) < 4.78 is 8.70. The van der Waals surface area contributed by atoms with Crippen molar-refractivity contribution in [2.45, 2.75) is 6.92 Å². The molecule has 8 aromatic rings. The summed E-state index contributed by atoms with van der Waals surface area (Å²) >= 11 is 0. The van der Waals surface area contributed by atoms with E-state index in [0.29, 0.717) is 17.5 Å². The Balaban J connectivity index is 1.27. The number of aromatic nitrogens is 4. The Labute approximate surface area is 248 Å². The van der Waals surface area contributed by atoms with Crippen molar-refractivity contribution in [3.63, 3.8) is 0 Å². The first kappa shape index (κ1) is 25.1. The lowest BCUT2D eigenvalue weighted by atomic mass is 9.99. The van der Waals surface area contributed by atoms with E-state index in [-0.39, 0.29) is 0 Å². The number of pyridine rings is 1. The maximum Gasteiger partial charge on any atom is 0.213 e. The molecule has 3 heterocycles. The van der Waals surface area contributed by atoms with Gasteiger partial charge in [-0.25, -0.2) is 19.5 Å². The van der Waals surface area contributed by atoms with Gasteiger partial charge in [0.05, 0.1) is 5.56 Å². The van der Waals surface area contributed by atoms with Crippen LogP contribution in [0.15, 0.2) is 132 Å². The van der Waals surface area contributed by atoms with Crippen molar-refractivity contribution in [2.24, 2.45) is 7.05 Å². The van der Waals surface area contributed by atoms with Crippen molar-refractivity contribution in [1.29, 1.82) is 0 Å². The Bertz CT molecular complexity index is 2250. The molecule has 0 spiro atoms. The monoisotopic (exact) mass is 555 g/mol. The van der Waals surface area contributed by atoms with Gasteiger partial charge in [-0.05, 0) is 48.2 Å². The van der Waals surface area contributed by atoms with Gasteiger partial charge in [-0.15, -0.1) is 0 Å². The maximum absolute atomic E-state index is 6.51. The summed E-state index contributed by atoms with van der Waals surface area (Å²) in [6.45, 7) is 2.16. The van der Waals surface area contributed by atoms with Gasteiger partial charge in [0.15, 0.2) is 23.7 Å². The number of rotatable bonds is 4. The summed E-state index contributed by atoms with van der Waals surface area (Å²) in [7, 11) is 2.10. The van der Waals surface area contributed by atoms with Crippen molar-refractivity contribution in [3.05, 3.63) is 133 Å². The third-order valence-corrected chi connectivity index (χ3v) is 8.05. The van der Waals surface area contributed by atoms with E-state index in [4.69, 9.17) is 19.4 Å². The van der Waals surface area contributed by atoms with Crippen molar-refractivity contribution < 1.29 is 8.98 Å². The molecule has 0 atom stereocenters. The van der Waals surface area contributed by atoms with Crippen molar-refractivity contribution in [1.82, 2.24) is 15.0 Å². The fourth-order valence-corrected chi connectivity index (χ4v) is 5.84. The van der Waals surface area contributed by atoms with Crippen LogP contribution < -0.4 is 4.57 Å². The minimum absolute atomic E-state index is 0.607. The molecular weight excluding hydrogens is 528 g/mol. The lowest BCUT2D eigenvalue weighted by Gasteiger charge is -2.08. The number of benzene rings is 5. The number of fused-ring (bicyclic) bond motifs is 4. The molecule has 0 fully saturated rings. The van der Waals surface area contributed by atoms with Crippen LogP contribution in [0.25, 0.3) is 78.1 Å². The standard InChI is InChI=1S/C38H27N4O/c1-24-19-32-30-18-17-28(38-40-36(25-11-5-3-6-12-25)39-37(41-38)26-13-7-4-8-14-26)21-34(30)43-35(32)22-31(24)33-20-27-15-9-10-16-29(27)23-42(33)2/h3-23H,1-2H3/q+1. The molecule has 0 bridgehead atoms. The fourth-order valence-electron chi connectivity index (χ4n) is 5.84. The lowest BCUT2D eigenvalue weighted by Crippen LogP contribution is -2.30. The van der Waals surface area contributed by atoms with Crippen molar-refractivity contribution >= 4 is 32.7 Å². The van der Waals surface area contributed by atoms with Gasteiger partial charge in [0.2, 0.25) is 5.69 Å². The Morgan fingerprint density at radius 2 is 1.12 bits per heavy atom. The van der Waals surface area contributed by atoms with E-state index >= 15 is 0 Å². The zero-order chi connectivity index (χ0) is 28.9. The minimum Gasteiger partial charge on any atom is -0.456 e. The molecule has 8 rings (SSSR count). The quantitative estimate of drug-likeness (QED) is 0.204. The molecule has 0 saturated heterocycles. The summed E-state index contributed by atoms with van der Waals surface area (Å²) in [5.74, 6) is 1.88. The van der Waals surface area contributed by atoms with Crippen molar-refractivity contribution in [3.8, 4) is 45.4 Å². The van der Waals surface area contributed by atoms with Gasteiger partial charge in [0.25, 0.3) is 0 Å². The highest BCUT2D eigenvalue weighted by Gasteiger charge is 2.19. The van der Waals surface area contributed by atoms with E-state index in [9.17, 15) is 0 Å². The molecule has 3 aromatic heterocycles. The van der Waals surface area contributed by atoms with Crippen LogP contribution in [-0.2, 0) is 7.05 Å². The van der Waals surface area contributed by atoms with Gasteiger partial charge in [-0.1, -0.05) is 84.9 Å². The summed E-state index contributed by atoms with van der Waals surface area (Å²) in [6, 6.07) is 41.4. The van der Waals surface area contributed by atoms with E-state index in [2.05, 4.69) is 79.3 Å². The van der Waals surface area contributed by atoms with Crippen LogP contribution in [0.5, 0.6) is 0 Å². The van der Waals surface area contributed by atoms with Gasteiger partial charge in [0, 0.05) is 38.9 Å². The Morgan fingerprint density at radius 1 is 0.535 bits per heavy atom. The molecule has 204 valence electrons. The molecular formula is C38H27N4O+. The van der Waals surface area contributed by atoms with Crippen LogP contribution in [0.2, 0.25) is 0 Å². The molecule has 5 heteroatoms. The maximum atomic E-state index is 6.51. The molecule has 43 heavy (non-hydrogen) atoms. The van der Waals surface area contributed by atoms with Crippen LogP contribution in [0.1, 0.15) is 5.56 Å². The van der Waals surface area contributed by atoms with Crippen LogP contribution in [0.4, 0.5) is 0 Å². The Hall–Kier alpha value is -5.68. The molecule has 5 nitrogen and oxygen atoms in total. The molecule has 0 amide bonds. The normalized spacial score (nSPS) is 11.5. The van der Waals surface area contributed by atoms with Gasteiger partial charge in [0.1, 0.15) is 18.2 Å². The largest absolute Gasteiger partial charge is 0.456 e. The Kier molecular flexibility index (Phi) is 5.83. The highest BCUT2D eigenvalue weighted by Crippen LogP contribution is 2.36. The third kappa shape index (κ3) is 4.43. The second-order valence-electron chi connectivity index (χ2n) is 10.9. The molecule has 0 N–H and O–H groups in total. The highest BCUT2D eigenvalue weighted by molar-refractivity contribution is 6.07. The molecule has 0 aliphatic rings. The van der Waals surface area contributed by atoms with Gasteiger partial charge >= 0.3 is 0 Å². The zero-order valence-corrected chi connectivity index (χ0v) is 23.8. The van der Waals surface area contributed by atoms with Crippen LogP contribution in [0, 0.1) is 6.92 Å². The van der Waals surface area contributed by atoms with Crippen LogP contribution in [-0.4, -0.2) is 15.0 Å². The topological polar surface area (TPSA) is 55.7 Å². The number of aryl methyl sites for hydroxylation is 2. The van der Waals surface area contributed by atoms with Gasteiger partial charge < -0.3 is 4.42 Å². The molecule has 0 saturated carbocycles. The third-order valence-electron chi connectivity index (χ3n) is 8.05. The Morgan fingerprint density at radius 3 is 1.79 bits per heavy atom. The molecule has 0 aliphatic heterocycles. The predicted octanol–water partition coefficient (Wildman–Crippen LogP) is 8.73. The van der Waals surface area contributed by atoms with E-state index in [1.165, 1.54) is 16.3 Å². The average molecular weight is 556 g/mol. The molecule has 0 unspecified atom stereocenters. The van der Waals surface area contributed by atoms with Crippen LogP contribution in [0.3, 0.4) is 0 Å². The number of nitrogens with zero attached hydrogens (tertiary/aromatic N) is 4. The second-order valence-corrected chi connectivity index (χ2v) is 10.9.